The fourth-order valence-corrected chi connectivity index (χ4v) is 5.73. The molecular weight excluding hydrogens is 562 g/mol. The number of nitrogens with zero attached hydrogens (tertiary/aromatic N) is 2. The first kappa shape index (κ1) is 32.0. The maximum absolute atomic E-state index is 14.1. The number of halogens is 1. The Kier molecular flexibility index (Phi) is 10.8. The van der Waals surface area contributed by atoms with Gasteiger partial charge in [0.2, 0.25) is 11.8 Å². The van der Waals surface area contributed by atoms with E-state index >= 15 is 0 Å². The van der Waals surface area contributed by atoms with Crippen LogP contribution in [0.3, 0.4) is 0 Å². The molecule has 220 valence electrons. The van der Waals surface area contributed by atoms with Crippen molar-refractivity contribution in [2.75, 3.05) is 18.0 Å². The van der Waals surface area contributed by atoms with E-state index in [-0.39, 0.29) is 39.8 Å². The van der Waals surface area contributed by atoms with Crippen LogP contribution in [0.1, 0.15) is 43.9 Å². The summed E-state index contributed by atoms with van der Waals surface area (Å²) in [4.78, 5) is 28.7. The third-order valence-corrected chi connectivity index (χ3v) is 8.95. The molecule has 0 fully saturated rings. The monoisotopic (exact) mass is 599 g/mol. The summed E-state index contributed by atoms with van der Waals surface area (Å²) in [6.45, 7) is 8.82. The van der Waals surface area contributed by atoms with Crippen molar-refractivity contribution in [2.45, 2.75) is 64.6 Å². The molecule has 2 unspecified atom stereocenters. The fourth-order valence-electron chi connectivity index (χ4n) is 4.15. The quantitative estimate of drug-likeness (QED) is 0.297. The number of methoxy groups -OCH3 is 1. The number of benzene rings is 3. The highest BCUT2D eigenvalue weighted by atomic mass is 35.5. The van der Waals surface area contributed by atoms with Crippen molar-refractivity contribution in [3.63, 3.8) is 0 Å². The average Bonchev–Trinajstić information content (AvgIpc) is 2.95. The van der Waals surface area contributed by atoms with Gasteiger partial charge in [0.25, 0.3) is 10.0 Å². The summed E-state index contributed by atoms with van der Waals surface area (Å²) in [5.74, 6) is -0.659. The summed E-state index contributed by atoms with van der Waals surface area (Å²) in [5.41, 5.74) is 2.86. The number of aryl methyl sites for hydroxylation is 2. The van der Waals surface area contributed by atoms with Gasteiger partial charge in [-0.2, -0.15) is 0 Å². The zero-order chi connectivity index (χ0) is 30.3. The minimum Gasteiger partial charge on any atom is -0.495 e. The van der Waals surface area contributed by atoms with Crippen molar-refractivity contribution in [1.82, 2.24) is 10.2 Å². The van der Waals surface area contributed by atoms with Crippen LogP contribution in [0.5, 0.6) is 5.75 Å². The maximum Gasteiger partial charge on any atom is 0.264 e. The standard InChI is InChI=1S/C31H38ClN3O5S/c1-7-23(4)33-31(37)24(5)34(19-25-12-8-21(2)9-13-25)30(36)20-35(28-18-26(32)14-17-29(28)40-6)41(38,39)27-15-10-22(3)11-16-27/h8-18,23-24H,7,19-20H2,1-6H3,(H,33,37). The van der Waals surface area contributed by atoms with Crippen LogP contribution in [0.2, 0.25) is 5.02 Å². The van der Waals surface area contributed by atoms with Gasteiger partial charge in [-0.3, -0.25) is 13.9 Å². The van der Waals surface area contributed by atoms with Crippen molar-refractivity contribution < 1.29 is 22.7 Å². The molecule has 3 rings (SSSR count). The molecule has 3 aromatic rings. The van der Waals surface area contributed by atoms with Crippen molar-refractivity contribution in [2.24, 2.45) is 0 Å². The van der Waals surface area contributed by atoms with Gasteiger partial charge >= 0.3 is 0 Å². The number of sulfonamides is 1. The van der Waals surface area contributed by atoms with Crippen LogP contribution < -0.4 is 14.4 Å². The van der Waals surface area contributed by atoms with Crippen LogP contribution in [0, 0.1) is 13.8 Å². The Morgan fingerprint density at radius 3 is 2.10 bits per heavy atom. The third kappa shape index (κ3) is 8.01. The number of anilines is 1. The van der Waals surface area contributed by atoms with E-state index in [1.807, 2.05) is 52.0 Å². The minimum absolute atomic E-state index is 0.00516. The number of ether oxygens (including phenoxy) is 1. The molecule has 8 nitrogen and oxygen atoms in total. The second-order valence-electron chi connectivity index (χ2n) is 10.1. The van der Waals surface area contributed by atoms with E-state index in [1.165, 1.54) is 30.2 Å². The normalized spacial score (nSPS) is 12.8. The molecule has 0 aliphatic rings. The van der Waals surface area contributed by atoms with Gasteiger partial charge in [0.1, 0.15) is 18.3 Å². The van der Waals surface area contributed by atoms with E-state index in [9.17, 15) is 18.0 Å². The van der Waals surface area contributed by atoms with Crippen LogP contribution in [-0.2, 0) is 26.2 Å². The summed E-state index contributed by atoms with van der Waals surface area (Å²) >= 11 is 6.28. The van der Waals surface area contributed by atoms with Gasteiger partial charge in [-0.15, -0.1) is 0 Å². The Balaban J connectivity index is 2.09. The lowest BCUT2D eigenvalue weighted by Gasteiger charge is -2.33. The molecule has 0 saturated carbocycles. The lowest BCUT2D eigenvalue weighted by molar-refractivity contribution is -0.139. The largest absolute Gasteiger partial charge is 0.495 e. The summed E-state index contributed by atoms with van der Waals surface area (Å²) in [5, 5.41) is 3.20. The molecular formula is C31H38ClN3O5S. The molecule has 0 aromatic heterocycles. The molecule has 0 radical (unpaired) electrons. The molecule has 0 spiro atoms. The molecule has 2 atom stereocenters. The molecule has 0 aliphatic heterocycles. The molecule has 3 aromatic carbocycles. The zero-order valence-electron chi connectivity index (χ0n) is 24.3. The van der Waals surface area contributed by atoms with Crippen LogP contribution in [0.15, 0.2) is 71.6 Å². The predicted octanol–water partition coefficient (Wildman–Crippen LogP) is 5.49. The maximum atomic E-state index is 14.1. The van der Waals surface area contributed by atoms with E-state index in [1.54, 1.807) is 31.2 Å². The van der Waals surface area contributed by atoms with E-state index in [2.05, 4.69) is 5.32 Å². The highest BCUT2D eigenvalue weighted by molar-refractivity contribution is 7.92. The van der Waals surface area contributed by atoms with E-state index < -0.39 is 28.5 Å². The van der Waals surface area contributed by atoms with Gasteiger partial charge in [0.05, 0.1) is 17.7 Å². The second-order valence-corrected chi connectivity index (χ2v) is 12.4. The van der Waals surface area contributed by atoms with Crippen LogP contribution >= 0.6 is 11.6 Å². The van der Waals surface area contributed by atoms with Gasteiger partial charge in [-0.25, -0.2) is 8.42 Å². The number of carbonyl (C=O) groups is 2. The van der Waals surface area contributed by atoms with E-state index in [0.29, 0.717) is 0 Å². The molecule has 0 bridgehead atoms. The topological polar surface area (TPSA) is 96.0 Å². The minimum atomic E-state index is -4.25. The summed E-state index contributed by atoms with van der Waals surface area (Å²) < 4.78 is 34.5. The first-order chi connectivity index (χ1) is 19.4. The smallest absolute Gasteiger partial charge is 0.264 e. The lowest BCUT2D eigenvalue weighted by atomic mass is 10.1. The van der Waals surface area contributed by atoms with Crippen molar-refractivity contribution in [3.8, 4) is 5.75 Å². The molecule has 0 saturated heterocycles. The summed E-state index contributed by atoms with van der Waals surface area (Å²) in [6, 6.07) is 17.6. The average molecular weight is 600 g/mol. The van der Waals surface area contributed by atoms with Gasteiger partial charge in [0, 0.05) is 17.6 Å². The Morgan fingerprint density at radius 2 is 1.54 bits per heavy atom. The highest BCUT2D eigenvalue weighted by Crippen LogP contribution is 2.35. The van der Waals surface area contributed by atoms with Gasteiger partial charge < -0.3 is 15.0 Å². The molecule has 0 aliphatic carbocycles. The Morgan fingerprint density at radius 1 is 0.951 bits per heavy atom. The first-order valence-electron chi connectivity index (χ1n) is 13.5. The lowest BCUT2D eigenvalue weighted by Crippen LogP contribution is -2.52. The Hall–Kier alpha value is -3.56. The van der Waals surface area contributed by atoms with Crippen LogP contribution in [-0.4, -0.2) is 50.9 Å². The highest BCUT2D eigenvalue weighted by Gasteiger charge is 2.34. The van der Waals surface area contributed by atoms with Crippen LogP contribution in [0.4, 0.5) is 5.69 Å². The van der Waals surface area contributed by atoms with E-state index in [4.69, 9.17) is 16.3 Å². The zero-order valence-corrected chi connectivity index (χ0v) is 25.9. The van der Waals surface area contributed by atoms with Crippen LogP contribution in [0.25, 0.3) is 0 Å². The number of rotatable bonds is 12. The summed E-state index contributed by atoms with van der Waals surface area (Å²) in [6.07, 6.45) is 0.724. The number of hydrogen-bond donors (Lipinski definition) is 1. The molecule has 1 N–H and O–H groups in total. The van der Waals surface area contributed by atoms with Gasteiger partial charge in [0.15, 0.2) is 0 Å². The third-order valence-electron chi connectivity index (χ3n) is 6.94. The summed E-state index contributed by atoms with van der Waals surface area (Å²) in [7, 11) is -2.84. The predicted molar refractivity (Wildman–Crippen MR) is 163 cm³/mol. The molecule has 41 heavy (non-hydrogen) atoms. The second kappa shape index (κ2) is 13.9. The fraction of sp³-hybridized carbons (Fsp3) is 0.355. The molecule has 0 heterocycles. The Labute approximate surface area is 248 Å². The van der Waals surface area contributed by atoms with Crippen molar-refractivity contribution >= 4 is 39.1 Å². The van der Waals surface area contributed by atoms with Crippen molar-refractivity contribution in [1.29, 1.82) is 0 Å². The van der Waals surface area contributed by atoms with Gasteiger partial charge in [-0.1, -0.05) is 66.0 Å². The number of nitrogens with one attached hydrogen (secondary N) is 1. The SMILES string of the molecule is CCC(C)NC(=O)C(C)N(Cc1ccc(C)cc1)C(=O)CN(c1cc(Cl)ccc1OC)S(=O)(=O)c1ccc(C)cc1. The van der Waals surface area contributed by atoms with Crippen molar-refractivity contribution in [3.05, 3.63) is 88.4 Å². The number of amides is 2. The molecule has 2 amide bonds. The van der Waals surface area contributed by atoms with E-state index in [0.717, 1.165) is 27.4 Å². The molecule has 10 heteroatoms. The first-order valence-corrected chi connectivity index (χ1v) is 15.3. The Bertz CT molecular complexity index is 1460. The number of hydrogen-bond acceptors (Lipinski definition) is 5. The number of carbonyl (C=O) groups excluding carboxylic acids is 2. The van der Waals surface area contributed by atoms with Gasteiger partial charge in [-0.05, 0) is 70.0 Å².